The van der Waals surface area contributed by atoms with Crippen LogP contribution in [0.4, 0.5) is 0 Å². The molecule has 0 spiro atoms. The Kier molecular flexibility index (Phi) is 5.12. The zero-order chi connectivity index (χ0) is 11.3. The van der Waals surface area contributed by atoms with E-state index in [-0.39, 0.29) is 5.97 Å². The van der Waals surface area contributed by atoms with Gasteiger partial charge in [0.2, 0.25) is 0 Å². The highest BCUT2D eigenvalue weighted by atomic mass is 16.5. The molecule has 0 N–H and O–H groups in total. The van der Waals surface area contributed by atoms with Gasteiger partial charge in [0.15, 0.2) is 7.98 Å². The van der Waals surface area contributed by atoms with Gasteiger partial charge in [-0.2, -0.15) is 0 Å². The van der Waals surface area contributed by atoms with Crippen LogP contribution in [0.1, 0.15) is 20.3 Å². The number of hydrogen-bond donors (Lipinski definition) is 0. The average Bonchev–Trinajstić information content (AvgIpc) is 2.18. The van der Waals surface area contributed by atoms with Gasteiger partial charge in [0, 0.05) is 19.1 Å². The van der Waals surface area contributed by atoms with E-state index in [1.807, 2.05) is 6.92 Å². The summed E-state index contributed by atoms with van der Waals surface area (Å²) in [5.41, 5.74) is 0. The highest BCUT2D eigenvalue weighted by Crippen LogP contribution is 2.08. The van der Waals surface area contributed by atoms with Crippen molar-refractivity contribution in [3.8, 4) is 0 Å². The van der Waals surface area contributed by atoms with Crippen molar-refractivity contribution in [2.75, 3.05) is 32.8 Å². The second kappa shape index (κ2) is 6.13. The third-order valence-electron chi connectivity index (χ3n) is 2.93. The fourth-order valence-corrected chi connectivity index (χ4v) is 1.85. The number of piperazine rings is 1. The van der Waals surface area contributed by atoms with Crippen LogP contribution >= 0.6 is 0 Å². The Morgan fingerprint density at radius 3 is 2.53 bits per heavy atom. The molecular formula is C10H21BN2O2. The first-order valence-corrected chi connectivity index (χ1v) is 5.71. The molecule has 0 radical (unpaired) electrons. The van der Waals surface area contributed by atoms with E-state index in [4.69, 9.17) is 4.74 Å². The summed E-state index contributed by atoms with van der Waals surface area (Å²) in [7, 11) is 2.13. The molecule has 4 nitrogen and oxygen atoms in total. The monoisotopic (exact) mass is 212 g/mol. The molecule has 0 bridgehead atoms. The van der Waals surface area contributed by atoms with Crippen LogP contribution < -0.4 is 0 Å². The van der Waals surface area contributed by atoms with E-state index in [0.29, 0.717) is 19.1 Å². The molecule has 86 valence electrons. The van der Waals surface area contributed by atoms with Crippen LogP contribution in [0.2, 0.25) is 0 Å². The first-order valence-electron chi connectivity index (χ1n) is 5.71. The van der Waals surface area contributed by atoms with Crippen LogP contribution in [-0.4, -0.2) is 62.5 Å². The maximum atomic E-state index is 11.3. The first kappa shape index (κ1) is 12.5. The molecule has 5 heteroatoms. The van der Waals surface area contributed by atoms with Gasteiger partial charge in [-0.1, -0.05) is 0 Å². The van der Waals surface area contributed by atoms with Gasteiger partial charge in [-0.25, -0.2) is 0 Å². The molecule has 1 fully saturated rings. The molecular weight excluding hydrogens is 191 g/mol. The van der Waals surface area contributed by atoms with Gasteiger partial charge < -0.3 is 9.55 Å². The van der Waals surface area contributed by atoms with Gasteiger partial charge in [0.25, 0.3) is 0 Å². The molecule has 1 heterocycles. The molecule has 1 aliphatic rings. The highest BCUT2D eigenvalue weighted by Gasteiger charge is 2.21. The largest absolute Gasteiger partial charge is 0.466 e. The SMILES string of the molecule is BN1CCN(C(C)CC(=O)OCC)CC1. The fraction of sp³-hybridized carbons (Fsp3) is 0.900. The average molecular weight is 212 g/mol. The molecule has 0 aromatic carbocycles. The Balaban J connectivity index is 2.27. The van der Waals surface area contributed by atoms with E-state index < -0.39 is 0 Å². The molecule has 1 rings (SSSR count). The van der Waals surface area contributed by atoms with E-state index >= 15 is 0 Å². The second-order valence-corrected chi connectivity index (χ2v) is 4.20. The summed E-state index contributed by atoms with van der Waals surface area (Å²) in [5, 5.41) is 0. The van der Waals surface area contributed by atoms with Crippen LogP contribution in [0.15, 0.2) is 0 Å². The van der Waals surface area contributed by atoms with E-state index in [9.17, 15) is 4.79 Å². The number of nitrogens with zero attached hydrogens (tertiary/aromatic N) is 2. The number of ether oxygens (including phenoxy) is 1. The Bertz CT molecular complexity index is 206. The molecule has 15 heavy (non-hydrogen) atoms. The summed E-state index contributed by atoms with van der Waals surface area (Å²) in [5.74, 6) is -0.0797. The Labute approximate surface area is 93.0 Å². The third-order valence-corrected chi connectivity index (χ3v) is 2.93. The summed E-state index contributed by atoms with van der Waals surface area (Å²) >= 11 is 0. The number of rotatable bonds is 4. The lowest BCUT2D eigenvalue weighted by Gasteiger charge is -2.36. The zero-order valence-corrected chi connectivity index (χ0v) is 10.0. The fourth-order valence-electron chi connectivity index (χ4n) is 1.85. The van der Waals surface area contributed by atoms with Crippen molar-refractivity contribution >= 4 is 14.0 Å². The second-order valence-electron chi connectivity index (χ2n) is 4.20. The van der Waals surface area contributed by atoms with E-state index in [2.05, 4.69) is 24.6 Å². The van der Waals surface area contributed by atoms with Gasteiger partial charge in [-0.15, -0.1) is 0 Å². The molecule has 1 unspecified atom stereocenters. The van der Waals surface area contributed by atoms with Gasteiger partial charge >= 0.3 is 5.97 Å². The normalized spacial score (nSPS) is 21.2. The van der Waals surface area contributed by atoms with Crippen LogP contribution in [-0.2, 0) is 9.53 Å². The number of esters is 1. The maximum Gasteiger partial charge on any atom is 0.307 e. The molecule has 1 aliphatic heterocycles. The maximum absolute atomic E-state index is 11.3. The van der Waals surface area contributed by atoms with Crippen molar-refractivity contribution in [3.63, 3.8) is 0 Å². The molecule has 1 saturated heterocycles. The van der Waals surface area contributed by atoms with Crippen LogP contribution in [0.5, 0.6) is 0 Å². The van der Waals surface area contributed by atoms with E-state index in [0.717, 1.165) is 26.2 Å². The topological polar surface area (TPSA) is 32.8 Å². The lowest BCUT2D eigenvalue weighted by molar-refractivity contribution is -0.144. The minimum absolute atomic E-state index is 0.0797. The summed E-state index contributed by atoms with van der Waals surface area (Å²) in [6, 6.07) is 0.303. The molecule has 0 aliphatic carbocycles. The summed E-state index contributed by atoms with van der Waals surface area (Å²) in [4.78, 5) is 16.0. The van der Waals surface area contributed by atoms with Crippen LogP contribution in [0.25, 0.3) is 0 Å². The molecule has 0 aromatic heterocycles. The van der Waals surface area contributed by atoms with Crippen molar-refractivity contribution < 1.29 is 9.53 Å². The first-order chi connectivity index (χ1) is 7.13. The molecule has 0 saturated carbocycles. The zero-order valence-electron chi connectivity index (χ0n) is 10.0. The van der Waals surface area contributed by atoms with E-state index in [1.54, 1.807) is 0 Å². The summed E-state index contributed by atoms with van der Waals surface area (Å²) < 4.78 is 4.95. The highest BCUT2D eigenvalue weighted by molar-refractivity contribution is 6.04. The summed E-state index contributed by atoms with van der Waals surface area (Å²) in [6.07, 6.45) is 0.511. The number of carbonyl (C=O) groups excluding carboxylic acids is 1. The lowest BCUT2D eigenvalue weighted by atomic mass is 10.1. The quantitative estimate of drug-likeness (QED) is 0.464. The Morgan fingerprint density at radius 1 is 1.40 bits per heavy atom. The standard InChI is InChI=1S/C10H21BN2O2/c1-3-15-10(14)8-9(2)12-4-6-13(11)7-5-12/h9H,3-8,11H2,1-2H3. The van der Waals surface area contributed by atoms with Crippen LogP contribution in [0, 0.1) is 0 Å². The minimum Gasteiger partial charge on any atom is -0.466 e. The number of hydrogen-bond acceptors (Lipinski definition) is 4. The lowest BCUT2D eigenvalue weighted by Crippen LogP contribution is -2.49. The van der Waals surface area contributed by atoms with Crippen molar-refractivity contribution in [2.45, 2.75) is 26.3 Å². The van der Waals surface area contributed by atoms with Gasteiger partial charge in [0.1, 0.15) is 0 Å². The van der Waals surface area contributed by atoms with Crippen molar-refractivity contribution in [1.29, 1.82) is 0 Å². The van der Waals surface area contributed by atoms with Crippen molar-refractivity contribution in [2.24, 2.45) is 0 Å². The predicted octanol–water partition coefficient (Wildman–Crippen LogP) is -0.506. The van der Waals surface area contributed by atoms with Crippen molar-refractivity contribution in [1.82, 2.24) is 9.71 Å². The molecule has 0 aromatic rings. The van der Waals surface area contributed by atoms with Gasteiger partial charge in [0.05, 0.1) is 13.0 Å². The van der Waals surface area contributed by atoms with Crippen molar-refractivity contribution in [3.05, 3.63) is 0 Å². The third kappa shape index (κ3) is 4.22. The molecule has 1 atom stereocenters. The predicted molar refractivity (Wildman–Crippen MR) is 62.4 cm³/mol. The van der Waals surface area contributed by atoms with Gasteiger partial charge in [-0.05, 0) is 26.9 Å². The van der Waals surface area contributed by atoms with Crippen LogP contribution in [0.3, 0.4) is 0 Å². The Morgan fingerprint density at radius 2 is 2.00 bits per heavy atom. The minimum atomic E-state index is -0.0797. The number of carbonyl (C=O) groups is 1. The van der Waals surface area contributed by atoms with Gasteiger partial charge in [-0.3, -0.25) is 9.69 Å². The smallest absolute Gasteiger partial charge is 0.307 e. The van der Waals surface area contributed by atoms with E-state index in [1.165, 1.54) is 0 Å². The Hall–Kier alpha value is -0.545. The summed E-state index contributed by atoms with van der Waals surface area (Å²) in [6.45, 7) is 8.71. The molecule has 0 amide bonds.